The summed E-state index contributed by atoms with van der Waals surface area (Å²) < 4.78 is 27.4. The van der Waals surface area contributed by atoms with E-state index in [4.69, 9.17) is 0 Å². The van der Waals surface area contributed by atoms with E-state index in [2.05, 4.69) is 18.6 Å². The number of sulfonamides is 1. The van der Waals surface area contributed by atoms with Gasteiger partial charge in [0.15, 0.2) is 0 Å². The van der Waals surface area contributed by atoms with Gasteiger partial charge in [0.25, 0.3) is 0 Å². The number of phenols is 1. The third-order valence-corrected chi connectivity index (χ3v) is 5.48. The molecule has 19 heavy (non-hydrogen) atoms. The monoisotopic (exact) mass is 283 g/mol. The molecule has 1 aliphatic rings. The molecule has 0 bridgehead atoms. The molecule has 1 unspecified atom stereocenters. The van der Waals surface area contributed by atoms with Crippen LogP contribution in [0, 0.1) is 5.41 Å². The summed E-state index contributed by atoms with van der Waals surface area (Å²) in [6.07, 6.45) is 4.04. The van der Waals surface area contributed by atoms with Crippen molar-refractivity contribution in [2.45, 2.75) is 50.5 Å². The van der Waals surface area contributed by atoms with Crippen molar-refractivity contribution in [1.29, 1.82) is 0 Å². The molecule has 1 fully saturated rings. The Kier molecular flexibility index (Phi) is 3.87. The largest absolute Gasteiger partial charge is 0.507 e. The van der Waals surface area contributed by atoms with Gasteiger partial charge in [0.2, 0.25) is 10.0 Å². The van der Waals surface area contributed by atoms with Gasteiger partial charge in [-0.25, -0.2) is 13.1 Å². The summed E-state index contributed by atoms with van der Waals surface area (Å²) in [5, 5.41) is 9.69. The zero-order valence-corrected chi connectivity index (χ0v) is 12.2. The average Bonchev–Trinajstić information content (AvgIpc) is 2.32. The molecule has 1 aliphatic carbocycles. The standard InChI is InChI=1S/C14H21NO3S/c1-14(2)10-6-5-9-13(14)15-19(17,18)12-8-4-3-7-11(12)16/h3-4,7-8,13,15-16H,5-6,9-10H2,1-2H3. The van der Waals surface area contributed by atoms with Gasteiger partial charge in [0.05, 0.1) is 0 Å². The number of nitrogens with one attached hydrogen (secondary N) is 1. The lowest BCUT2D eigenvalue weighted by atomic mass is 9.74. The van der Waals surface area contributed by atoms with E-state index >= 15 is 0 Å². The molecule has 0 aliphatic heterocycles. The molecule has 1 saturated carbocycles. The number of rotatable bonds is 3. The van der Waals surface area contributed by atoms with Crippen LogP contribution in [-0.4, -0.2) is 19.6 Å². The Labute approximate surface area is 114 Å². The molecule has 2 rings (SSSR count). The van der Waals surface area contributed by atoms with Gasteiger partial charge in [0, 0.05) is 6.04 Å². The van der Waals surface area contributed by atoms with Gasteiger partial charge in [-0.15, -0.1) is 0 Å². The molecule has 0 spiro atoms. The molecule has 0 radical (unpaired) electrons. The highest BCUT2D eigenvalue weighted by Gasteiger charge is 2.35. The van der Waals surface area contributed by atoms with Crippen LogP contribution in [0.4, 0.5) is 0 Å². The molecule has 1 atom stereocenters. The highest BCUT2D eigenvalue weighted by atomic mass is 32.2. The van der Waals surface area contributed by atoms with Crippen molar-refractivity contribution in [3.63, 3.8) is 0 Å². The molecular formula is C14H21NO3S. The van der Waals surface area contributed by atoms with Crippen molar-refractivity contribution in [2.24, 2.45) is 5.41 Å². The number of aromatic hydroxyl groups is 1. The minimum Gasteiger partial charge on any atom is -0.507 e. The molecule has 1 aromatic rings. The van der Waals surface area contributed by atoms with E-state index in [0.717, 1.165) is 25.7 Å². The highest BCUT2D eigenvalue weighted by molar-refractivity contribution is 7.89. The fraction of sp³-hybridized carbons (Fsp3) is 0.571. The third-order valence-electron chi connectivity index (χ3n) is 3.96. The summed E-state index contributed by atoms with van der Waals surface area (Å²) in [6, 6.07) is 5.96. The van der Waals surface area contributed by atoms with E-state index in [-0.39, 0.29) is 22.1 Å². The van der Waals surface area contributed by atoms with Gasteiger partial charge >= 0.3 is 0 Å². The lowest BCUT2D eigenvalue weighted by molar-refractivity contribution is 0.188. The fourth-order valence-corrected chi connectivity index (χ4v) is 4.19. The highest BCUT2D eigenvalue weighted by Crippen LogP contribution is 2.36. The minimum atomic E-state index is -3.66. The summed E-state index contributed by atoms with van der Waals surface area (Å²) in [5.41, 5.74) is -0.0459. The second-order valence-corrected chi connectivity index (χ2v) is 7.56. The van der Waals surface area contributed by atoms with E-state index in [9.17, 15) is 13.5 Å². The quantitative estimate of drug-likeness (QED) is 0.896. The zero-order chi connectivity index (χ0) is 14.1. The Bertz CT molecular complexity index is 552. The van der Waals surface area contributed by atoms with Gasteiger partial charge in [0.1, 0.15) is 10.6 Å². The maximum Gasteiger partial charge on any atom is 0.244 e. The number of hydrogen-bond acceptors (Lipinski definition) is 3. The molecule has 5 heteroatoms. The van der Waals surface area contributed by atoms with Crippen LogP contribution < -0.4 is 4.72 Å². The predicted octanol–water partition coefficient (Wildman–Crippen LogP) is 2.64. The smallest absolute Gasteiger partial charge is 0.244 e. The number of hydrogen-bond donors (Lipinski definition) is 2. The predicted molar refractivity (Wildman–Crippen MR) is 74.5 cm³/mol. The summed E-state index contributed by atoms with van der Waals surface area (Å²) in [6.45, 7) is 4.17. The van der Waals surface area contributed by atoms with Crippen LogP contribution in [0.2, 0.25) is 0 Å². The van der Waals surface area contributed by atoms with Crippen LogP contribution in [0.3, 0.4) is 0 Å². The number of para-hydroxylation sites is 1. The van der Waals surface area contributed by atoms with Gasteiger partial charge < -0.3 is 5.11 Å². The van der Waals surface area contributed by atoms with Crippen LogP contribution in [0.1, 0.15) is 39.5 Å². The van der Waals surface area contributed by atoms with Crippen LogP contribution >= 0.6 is 0 Å². The van der Waals surface area contributed by atoms with Gasteiger partial charge in [-0.05, 0) is 30.4 Å². The van der Waals surface area contributed by atoms with Gasteiger partial charge in [-0.3, -0.25) is 0 Å². The van der Waals surface area contributed by atoms with E-state index in [0.29, 0.717) is 0 Å². The van der Waals surface area contributed by atoms with E-state index < -0.39 is 10.0 Å². The van der Waals surface area contributed by atoms with Gasteiger partial charge in [-0.2, -0.15) is 0 Å². The maximum atomic E-state index is 12.3. The van der Waals surface area contributed by atoms with Crippen molar-refractivity contribution in [3.8, 4) is 5.75 Å². The SMILES string of the molecule is CC1(C)CCCCC1NS(=O)(=O)c1ccccc1O. The summed E-state index contributed by atoms with van der Waals surface area (Å²) in [5.74, 6) is -0.205. The molecule has 0 amide bonds. The second kappa shape index (κ2) is 5.13. The number of phenolic OH excluding ortho intramolecular Hbond substituents is 1. The first-order valence-electron chi connectivity index (χ1n) is 6.63. The number of benzene rings is 1. The lowest BCUT2D eigenvalue weighted by Gasteiger charge is -2.38. The normalized spacial score (nSPS) is 23.2. The summed E-state index contributed by atoms with van der Waals surface area (Å²) in [4.78, 5) is -0.0450. The lowest BCUT2D eigenvalue weighted by Crippen LogP contribution is -2.46. The van der Waals surface area contributed by atoms with Crippen molar-refractivity contribution < 1.29 is 13.5 Å². The Hall–Kier alpha value is -1.07. The Morgan fingerprint density at radius 3 is 2.58 bits per heavy atom. The van der Waals surface area contributed by atoms with Gasteiger partial charge in [-0.1, -0.05) is 38.8 Å². The molecule has 0 heterocycles. The molecule has 106 valence electrons. The van der Waals surface area contributed by atoms with Crippen molar-refractivity contribution in [1.82, 2.24) is 4.72 Å². The summed E-state index contributed by atoms with van der Waals surface area (Å²) >= 11 is 0. The van der Waals surface area contributed by atoms with E-state index in [1.165, 1.54) is 12.1 Å². The summed E-state index contributed by atoms with van der Waals surface area (Å²) in [7, 11) is -3.66. The molecule has 2 N–H and O–H groups in total. The fourth-order valence-electron chi connectivity index (χ4n) is 2.65. The van der Waals surface area contributed by atoms with Crippen molar-refractivity contribution in [2.75, 3.05) is 0 Å². The Balaban J connectivity index is 2.25. The minimum absolute atomic E-state index is 0.0450. The first kappa shape index (κ1) is 14.3. The van der Waals surface area contributed by atoms with E-state index in [1.807, 2.05) is 0 Å². The van der Waals surface area contributed by atoms with Crippen molar-refractivity contribution >= 4 is 10.0 Å². The second-order valence-electron chi connectivity index (χ2n) is 5.88. The van der Waals surface area contributed by atoms with Crippen LogP contribution in [0.15, 0.2) is 29.2 Å². The molecule has 4 nitrogen and oxygen atoms in total. The van der Waals surface area contributed by atoms with E-state index in [1.54, 1.807) is 12.1 Å². The topological polar surface area (TPSA) is 66.4 Å². The Morgan fingerprint density at radius 2 is 1.95 bits per heavy atom. The van der Waals surface area contributed by atoms with Crippen LogP contribution in [0.5, 0.6) is 5.75 Å². The molecular weight excluding hydrogens is 262 g/mol. The van der Waals surface area contributed by atoms with Crippen molar-refractivity contribution in [3.05, 3.63) is 24.3 Å². The van der Waals surface area contributed by atoms with Crippen LogP contribution in [-0.2, 0) is 10.0 Å². The Morgan fingerprint density at radius 1 is 1.26 bits per heavy atom. The maximum absolute atomic E-state index is 12.3. The average molecular weight is 283 g/mol. The first-order chi connectivity index (χ1) is 8.83. The third kappa shape index (κ3) is 3.09. The van der Waals surface area contributed by atoms with Crippen LogP contribution in [0.25, 0.3) is 0 Å². The first-order valence-corrected chi connectivity index (χ1v) is 8.11. The zero-order valence-electron chi connectivity index (χ0n) is 11.4. The molecule has 0 aromatic heterocycles. The molecule has 0 saturated heterocycles. The molecule has 1 aromatic carbocycles.